The summed E-state index contributed by atoms with van der Waals surface area (Å²) in [6, 6.07) is 5.24. The van der Waals surface area contributed by atoms with Gasteiger partial charge in [0, 0.05) is 37.2 Å². The monoisotopic (exact) mass is 414 g/mol. The van der Waals surface area contributed by atoms with E-state index in [4.69, 9.17) is 11.6 Å². The van der Waals surface area contributed by atoms with Gasteiger partial charge in [0.25, 0.3) is 0 Å². The molecule has 1 atom stereocenters. The second-order valence-electron chi connectivity index (χ2n) is 6.81. The Kier molecular flexibility index (Phi) is 6.05. The molecule has 27 heavy (non-hydrogen) atoms. The molecule has 3 rings (SSSR count). The van der Waals surface area contributed by atoms with Crippen LogP contribution in [-0.2, 0) is 14.8 Å². The van der Waals surface area contributed by atoms with Gasteiger partial charge in [-0.05, 0) is 44.0 Å². The van der Waals surface area contributed by atoms with Crippen molar-refractivity contribution in [3.63, 3.8) is 0 Å². The van der Waals surface area contributed by atoms with Crippen molar-refractivity contribution >= 4 is 33.6 Å². The SMILES string of the molecule is CC(C(=O)NC(=O)NC1CC1)N1CCN(S(=O)(=O)c2ccc(Cl)cc2)CC1. The number of amides is 3. The number of benzene rings is 1. The number of carbonyl (C=O) groups excluding carboxylic acids is 2. The zero-order chi connectivity index (χ0) is 19.6. The summed E-state index contributed by atoms with van der Waals surface area (Å²) in [4.78, 5) is 26.0. The van der Waals surface area contributed by atoms with E-state index in [-0.39, 0.29) is 29.9 Å². The van der Waals surface area contributed by atoms with Gasteiger partial charge in [0.15, 0.2) is 0 Å². The molecule has 1 saturated heterocycles. The third-order valence-corrected chi connectivity index (χ3v) is 6.97. The maximum Gasteiger partial charge on any atom is 0.321 e. The van der Waals surface area contributed by atoms with Crippen molar-refractivity contribution in [2.45, 2.75) is 36.7 Å². The first-order valence-corrected chi connectivity index (χ1v) is 10.7. The molecule has 1 aliphatic heterocycles. The molecular weight excluding hydrogens is 392 g/mol. The predicted molar refractivity (Wildman–Crippen MR) is 101 cm³/mol. The molecule has 0 spiro atoms. The molecule has 1 saturated carbocycles. The lowest BCUT2D eigenvalue weighted by Gasteiger charge is -2.36. The first-order valence-electron chi connectivity index (χ1n) is 8.88. The Bertz CT molecular complexity index is 803. The fourth-order valence-corrected chi connectivity index (χ4v) is 4.47. The van der Waals surface area contributed by atoms with Gasteiger partial charge in [0.05, 0.1) is 10.9 Å². The first-order chi connectivity index (χ1) is 12.8. The smallest absolute Gasteiger partial charge is 0.321 e. The Hall–Kier alpha value is -1.68. The number of hydrogen-bond donors (Lipinski definition) is 2. The van der Waals surface area contributed by atoms with Gasteiger partial charge in [-0.25, -0.2) is 13.2 Å². The molecule has 2 aliphatic rings. The Balaban J connectivity index is 1.53. The van der Waals surface area contributed by atoms with Crippen LogP contribution in [0.2, 0.25) is 5.02 Å². The summed E-state index contributed by atoms with van der Waals surface area (Å²) in [5.41, 5.74) is 0. The molecule has 148 valence electrons. The lowest BCUT2D eigenvalue weighted by Crippen LogP contribution is -2.56. The van der Waals surface area contributed by atoms with Gasteiger partial charge in [0.1, 0.15) is 0 Å². The standard InChI is InChI=1S/C17H23ClN4O4S/c1-12(16(23)20-17(24)19-14-4-5-14)21-8-10-22(11-9-21)27(25,26)15-6-2-13(18)3-7-15/h2-3,6-7,12,14H,4-5,8-11H2,1H3,(H2,19,20,23,24). The minimum Gasteiger partial charge on any atom is -0.335 e. The lowest BCUT2D eigenvalue weighted by molar-refractivity contribution is -0.125. The van der Waals surface area contributed by atoms with E-state index in [1.165, 1.54) is 16.4 Å². The minimum atomic E-state index is -3.59. The van der Waals surface area contributed by atoms with Crippen LogP contribution in [-0.4, -0.2) is 67.8 Å². The van der Waals surface area contributed by atoms with E-state index in [1.54, 1.807) is 19.1 Å². The fourth-order valence-electron chi connectivity index (χ4n) is 2.92. The third kappa shape index (κ3) is 4.98. The molecule has 1 aromatic rings. The highest BCUT2D eigenvalue weighted by Crippen LogP contribution is 2.20. The van der Waals surface area contributed by atoms with Crippen molar-refractivity contribution in [2.75, 3.05) is 26.2 Å². The summed E-state index contributed by atoms with van der Waals surface area (Å²) in [6.07, 6.45) is 1.89. The van der Waals surface area contributed by atoms with E-state index < -0.39 is 22.1 Å². The number of halogens is 1. The molecule has 1 aliphatic carbocycles. The molecule has 1 unspecified atom stereocenters. The van der Waals surface area contributed by atoms with Crippen molar-refractivity contribution in [2.24, 2.45) is 0 Å². The molecule has 10 heteroatoms. The van der Waals surface area contributed by atoms with Gasteiger partial charge in [-0.3, -0.25) is 15.0 Å². The van der Waals surface area contributed by atoms with Gasteiger partial charge in [-0.2, -0.15) is 4.31 Å². The zero-order valence-corrected chi connectivity index (χ0v) is 16.6. The van der Waals surface area contributed by atoms with Gasteiger partial charge in [0.2, 0.25) is 15.9 Å². The topological polar surface area (TPSA) is 98.8 Å². The van der Waals surface area contributed by atoms with E-state index >= 15 is 0 Å². The van der Waals surface area contributed by atoms with Gasteiger partial charge < -0.3 is 5.32 Å². The Morgan fingerprint density at radius 1 is 1.11 bits per heavy atom. The van der Waals surface area contributed by atoms with E-state index in [9.17, 15) is 18.0 Å². The van der Waals surface area contributed by atoms with Crippen LogP contribution in [0.15, 0.2) is 29.2 Å². The molecule has 0 bridgehead atoms. The number of sulfonamides is 1. The van der Waals surface area contributed by atoms with E-state index in [0.29, 0.717) is 18.1 Å². The average molecular weight is 415 g/mol. The van der Waals surface area contributed by atoms with Crippen LogP contribution in [0.25, 0.3) is 0 Å². The number of imide groups is 1. The molecule has 1 aromatic carbocycles. The number of rotatable bonds is 5. The first kappa shape index (κ1) is 20.1. The summed E-state index contributed by atoms with van der Waals surface area (Å²) < 4.78 is 26.8. The number of urea groups is 1. The van der Waals surface area contributed by atoms with Crippen molar-refractivity contribution in [3.8, 4) is 0 Å². The summed E-state index contributed by atoms with van der Waals surface area (Å²) in [7, 11) is -3.59. The lowest BCUT2D eigenvalue weighted by atomic mass is 10.2. The average Bonchev–Trinajstić information content (AvgIpc) is 3.45. The van der Waals surface area contributed by atoms with Gasteiger partial charge in [-0.1, -0.05) is 11.6 Å². The van der Waals surface area contributed by atoms with Crippen molar-refractivity contribution < 1.29 is 18.0 Å². The number of nitrogens with zero attached hydrogens (tertiary/aromatic N) is 2. The second-order valence-corrected chi connectivity index (χ2v) is 9.18. The molecule has 0 radical (unpaired) electrons. The normalized spacial score (nSPS) is 20.1. The van der Waals surface area contributed by atoms with Crippen LogP contribution >= 0.6 is 11.6 Å². The maximum absolute atomic E-state index is 12.7. The molecule has 2 fully saturated rings. The minimum absolute atomic E-state index is 0.176. The second kappa shape index (κ2) is 8.14. The zero-order valence-electron chi connectivity index (χ0n) is 15.0. The van der Waals surface area contributed by atoms with Crippen LogP contribution in [0.5, 0.6) is 0 Å². The molecule has 1 heterocycles. The molecule has 3 amide bonds. The Labute approximate surface area is 163 Å². The molecule has 8 nitrogen and oxygen atoms in total. The van der Waals surface area contributed by atoms with Crippen molar-refractivity contribution in [1.29, 1.82) is 0 Å². The van der Waals surface area contributed by atoms with Gasteiger partial charge in [-0.15, -0.1) is 0 Å². The van der Waals surface area contributed by atoms with Crippen LogP contribution in [0.1, 0.15) is 19.8 Å². The van der Waals surface area contributed by atoms with Crippen molar-refractivity contribution in [3.05, 3.63) is 29.3 Å². The highest BCUT2D eigenvalue weighted by molar-refractivity contribution is 7.89. The molecular formula is C17H23ClN4O4S. The number of hydrogen-bond acceptors (Lipinski definition) is 5. The highest BCUT2D eigenvalue weighted by Gasteiger charge is 2.32. The van der Waals surface area contributed by atoms with E-state index in [1.807, 2.05) is 4.90 Å². The quantitative estimate of drug-likeness (QED) is 0.749. The molecule has 0 aromatic heterocycles. The predicted octanol–water partition coefficient (Wildman–Crippen LogP) is 1.02. The van der Waals surface area contributed by atoms with E-state index in [2.05, 4.69) is 10.6 Å². The van der Waals surface area contributed by atoms with Crippen LogP contribution in [0.3, 0.4) is 0 Å². The third-order valence-electron chi connectivity index (χ3n) is 4.80. The Morgan fingerprint density at radius 3 is 2.26 bits per heavy atom. The Morgan fingerprint density at radius 2 is 1.70 bits per heavy atom. The number of piperazine rings is 1. The maximum atomic E-state index is 12.7. The number of nitrogens with one attached hydrogen (secondary N) is 2. The fraction of sp³-hybridized carbons (Fsp3) is 0.529. The highest BCUT2D eigenvalue weighted by atomic mass is 35.5. The number of carbonyl (C=O) groups is 2. The van der Waals surface area contributed by atoms with Crippen LogP contribution < -0.4 is 10.6 Å². The molecule has 2 N–H and O–H groups in total. The van der Waals surface area contributed by atoms with E-state index in [0.717, 1.165) is 12.8 Å². The van der Waals surface area contributed by atoms with Crippen LogP contribution in [0, 0.1) is 0 Å². The summed E-state index contributed by atoms with van der Waals surface area (Å²) in [6.45, 7) is 3.08. The summed E-state index contributed by atoms with van der Waals surface area (Å²) in [5, 5.41) is 5.53. The van der Waals surface area contributed by atoms with Gasteiger partial charge >= 0.3 is 6.03 Å². The van der Waals surface area contributed by atoms with Crippen LogP contribution in [0.4, 0.5) is 4.79 Å². The summed E-state index contributed by atoms with van der Waals surface area (Å²) >= 11 is 5.82. The largest absolute Gasteiger partial charge is 0.335 e. The van der Waals surface area contributed by atoms with Crippen molar-refractivity contribution in [1.82, 2.24) is 19.8 Å². The summed E-state index contributed by atoms with van der Waals surface area (Å²) in [5.74, 6) is -0.387.